The molecule has 23 heavy (non-hydrogen) atoms. The van der Waals surface area contributed by atoms with Crippen LogP contribution in [-0.4, -0.2) is 19.1 Å². The molecule has 0 aromatic heterocycles. The van der Waals surface area contributed by atoms with Crippen LogP contribution in [0.2, 0.25) is 5.02 Å². The quantitative estimate of drug-likeness (QED) is 0.756. The summed E-state index contributed by atoms with van der Waals surface area (Å²) in [6.07, 6.45) is 4.40. The SMILES string of the molecule is CCOC(=O)Cc1ccc(NCC=Cc2ccc(Cl)cc2)cc1. The second-order valence-corrected chi connectivity index (χ2v) is 5.45. The van der Waals surface area contributed by atoms with Gasteiger partial charge in [-0.1, -0.05) is 48.0 Å². The minimum absolute atomic E-state index is 0.195. The molecule has 120 valence electrons. The predicted molar refractivity (Wildman–Crippen MR) is 95.8 cm³/mol. The molecule has 0 bridgehead atoms. The van der Waals surface area contributed by atoms with Crippen molar-refractivity contribution in [3.8, 4) is 0 Å². The van der Waals surface area contributed by atoms with E-state index in [-0.39, 0.29) is 5.97 Å². The third kappa shape index (κ3) is 6.17. The summed E-state index contributed by atoms with van der Waals surface area (Å²) in [6, 6.07) is 15.5. The zero-order chi connectivity index (χ0) is 16.5. The maximum Gasteiger partial charge on any atom is 0.310 e. The Morgan fingerprint density at radius 2 is 1.83 bits per heavy atom. The number of ether oxygens (including phenoxy) is 1. The molecule has 0 saturated carbocycles. The maximum absolute atomic E-state index is 11.4. The number of nitrogens with one attached hydrogen (secondary N) is 1. The molecule has 2 rings (SSSR count). The van der Waals surface area contributed by atoms with Crippen LogP contribution in [0.15, 0.2) is 54.6 Å². The van der Waals surface area contributed by atoms with Gasteiger partial charge in [0.1, 0.15) is 0 Å². The van der Waals surface area contributed by atoms with Crippen molar-refractivity contribution >= 4 is 29.3 Å². The van der Waals surface area contributed by atoms with Crippen molar-refractivity contribution in [2.24, 2.45) is 0 Å². The highest BCUT2D eigenvalue weighted by Crippen LogP contribution is 2.12. The molecule has 0 heterocycles. The van der Waals surface area contributed by atoms with E-state index in [1.807, 2.05) is 61.5 Å². The molecule has 0 fully saturated rings. The van der Waals surface area contributed by atoms with E-state index in [1.165, 1.54) is 0 Å². The molecule has 2 aromatic rings. The molecule has 2 aromatic carbocycles. The lowest BCUT2D eigenvalue weighted by Gasteiger charge is -2.05. The number of halogens is 1. The van der Waals surface area contributed by atoms with Gasteiger partial charge in [0, 0.05) is 17.3 Å². The fraction of sp³-hybridized carbons (Fsp3) is 0.211. The van der Waals surface area contributed by atoms with Crippen LogP contribution in [0.3, 0.4) is 0 Å². The average Bonchev–Trinajstić information content (AvgIpc) is 2.55. The fourth-order valence-electron chi connectivity index (χ4n) is 2.06. The molecule has 0 aliphatic rings. The molecular weight excluding hydrogens is 310 g/mol. The molecule has 0 unspecified atom stereocenters. The zero-order valence-corrected chi connectivity index (χ0v) is 13.8. The number of hydrogen-bond donors (Lipinski definition) is 1. The van der Waals surface area contributed by atoms with E-state index in [4.69, 9.17) is 16.3 Å². The Labute approximate surface area is 141 Å². The summed E-state index contributed by atoms with van der Waals surface area (Å²) in [4.78, 5) is 11.4. The van der Waals surface area contributed by atoms with Gasteiger partial charge in [0.15, 0.2) is 0 Å². The number of carbonyl (C=O) groups excluding carboxylic acids is 1. The first-order valence-corrected chi connectivity index (χ1v) is 7.95. The molecular formula is C19H20ClNO2. The van der Waals surface area contributed by atoms with Gasteiger partial charge in [-0.25, -0.2) is 0 Å². The van der Waals surface area contributed by atoms with Crippen molar-refractivity contribution in [2.45, 2.75) is 13.3 Å². The van der Waals surface area contributed by atoms with Gasteiger partial charge in [-0.05, 0) is 42.3 Å². The molecule has 0 spiro atoms. The molecule has 0 aliphatic carbocycles. The van der Waals surface area contributed by atoms with Gasteiger partial charge in [0.05, 0.1) is 13.0 Å². The average molecular weight is 330 g/mol. The highest BCUT2D eigenvalue weighted by Gasteiger charge is 2.03. The van der Waals surface area contributed by atoms with Crippen molar-refractivity contribution < 1.29 is 9.53 Å². The molecule has 1 N–H and O–H groups in total. The Morgan fingerprint density at radius 1 is 1.13 bits per heavy atom. The number of hydrogen-bond acceptors (Lipinski definition) is 3. The van der Waals surface area contributed by atoms with Crippen LogP contribution in [0.5, 0.6) is 0 Å². The van der Waals surface area contributed by atoms with Crippen LogP contribution in [-0.2, 0) is 16.0 Å². The maximum atomic E-state index is 11.4. The number of rotatable bonds is 7. The second kappa shape index (κ2) is 9.01. The first kappa shape index (κ1) is 17.1. The van der Waals surface area contributed by atoms with Crippen LogP contribution in [0.25, 0.3) is 6.08 Å². The lowest BCUT2D eigenvalue weighted by atomic mass is 10.1. The summed E-state index contributed by atoms with van der Waals surface area (Å²) in [5, 5.41) is 4.04. The van der Waals surface area contributed by atoms with E-state index in [2.05, 4.69) is 11.4 Å². The molecule has 4 heteroatoms. The number of carbonyl (C=O) groups is 1. The first-order valence-electron chi connectivity index (χ1n) is 7.58. The van der Waals surface area contributed by atoms with E-state index >= 15 is 0 Å². The smallest absolute Gasteiger partial charge is 0.310 e. The van der Waals surface area contributed by atoms with Crippen molar-refractivity contribution in [3.63, 3.8) is 0 Å². The first-order chi connectivity index (χ1) is 11.2. The molecule has 0 aliphatic heterocycles. The Morgan fingerprint density at radius 3 is 2.48 bits per heavy atom. The number of benzene rings is 2. The molecule has 0 amide bonds. The molecule has 0 atom stereocenters. The number of anilines is 1. The van der Waals surface area contributed by atoms with Gasteiger partial charge < -0.3 is 10.1 Å². The van der Waals surface area contributed by atoms with Gasteiger partial charge >= 0.3 is 5.97 Å². The second-order valence-electron chi connectivity index (χ2n) is 5.01. The lowest BCUT2D eigenvalue weighted by Crippen LogP contribution is -2.07. The third-order valence-corrected chi connectivity index (χ3v) is 3.46. The van der Waals surface area contributed by atoms with Crippen LogP contribution >= 0.6 is 11.6 Å². The van der Waals surface area contributed by atoms with E-state index in [0.29, 0.717) is 13.0 Å². The van der Waals surface area contributed by atoms with E-state index in [9.17, 15) is 4.79 Å². The topological polar surface area (TPSA) is 38.3 Å². The molecule has 0 saturated heterocycles. The normalized spacial score (nSPS) is 10.7. The van der Waals surface area contributed by atoms with E-state index < -0.39 is 0 Å². The van der Waals surface area contributed by atoms with Crippen molar-refractivity contribution in [1.29, 1.82) is 0 Å². The van der Waals surface area contributed by atoms with Crippen LogP contribution in [0, 0.1) is 0 Å². The summed E-state index contributed by atoms with van der Waals surface area (Å²) in [5.41, 5.74) is 3.07. The Hall–Kier alpha value is -2.26. The highest BCUT2D eigenvalue weighted by atomic mass is 35.5. The molecule has 3 nitrogen and oxygen atoms in total. The predicted octanol–water partition coefficient (Wildman–Crippen LogP) is 4.57. The van der Waals surface area contributed by atoms with Gasteiger partial charge in [-0.2, -0.15) is 0 Å². The summed E-state index contributed by atoms with van der Waals surface area (Å²) >= 11 is 5.85. The minimum Gasteiger partial charge on any atom is -0.466 e. The zero-order valence-electron chi connectivity index (χ0n) is 13.1. The highest BCUT2D eigenvalue weighted by molar-refractivity contribution is 6.30. The largest absolute Gasteiger partial charge is 0.466 e. The van der Waals surface area contributed by atoms with Crippen LogP contribution in [0.1, 0.15) is 18.1 Å². The van der Waals surface area contributed by atoms with Crippen LogP contribution < -0.4 is 5.32 Å². The van der Waals surface area contributed by atoms with Gasteiger partial charge in [-0.15, -0.1) is 0 Å². The fourth-order valence-corrected chi connectivity index (χ4v) is 2.19. The van der Waals surface area contributed by atoms with E-state index in [1.54, 1.807) is 0 Å². The molecule has 0 radical (unpaired) electrons. The van der Waals surface area contributed by atoms with E-state index in [0.717, 1.165) is 28.4 Å². The Kier molecular flexibility index (Phi) is 6.70. The number of esters is 1. The Balaban J connectivity index is 1.79. The monoisotopic (exact) mass is 329 g/mol. The third-order valence-electron chi connectivity index (χ3n) is 3.21. The summed E-state index contributed by atoms with van der Waals surface area (Å²) < 4.78 is 4.93. The standard InChI is InChI=1S/C19H20ClNO2/c1-2-23-19(22)14-16-7-11-18(12-8-16)21-13-3-4-15-5-9-17(20)10-6-15/h3-12,21H,2,13-14H2,1H3. The van der Waals surface area contributed by atoms with Crippen LogP contribution in [0.4, 0.5) is 5.69 Å². The van der Waals surface area contributed by atoms with Crippen molar-refractivity contribution in [3.05, 3.63) is 70.8 Å². The van der Waals surface area contributed by atoms with Crippen molar-refractivity contribution in [1.82, 2.24) is 0 Å². The summed E-state index contributed by atoms with van der Waals surface area (Å²) in [6.45, 7) is 2.95. The summed E-state index contributed by atoms with van der Waals surface area (Å²) in [5.74, 6) is -0.195. The van der Waals surface area contributed by atoms with Gasteiger partial charge in [0.25, 0.3) is 0 Å². The minimum atomic E-state index is -0.195. The van der Waals surface area contributed by atoms with Gasteiger partial charge in [-0.3, -0.25) is 4.79 Å². The van der Waals surface area contributed by atoms with Crippen molar-refractivity contribution in [2.75, 3.05) is 18.5 Å². The summed E-state index contributed by atoms with van der Waals surface area (Å²) in [7, 11) is 0. The Bertz CT molecular complexity index is 648. The van der Waals surface area contributed by atoms with Gasteiger partial charge in [0.2, 0.25) is 0 Å². The lowest BCUT2D eigenvalue weighted by molar-refractivity contribution is -0.142.